The summed E-state index contributed by atoms with van der Waals surface area (Å²) in [5, 5.41) is 3.60. The van der Waals surface area contributed by atoms with Gasteiger partial charge in [0.15, 0.2) is 6.10 Å². The molecule has 0 aliphatic heterocycles. The third-order valence-electron chi connectivity index (χ3n) is 4.04. The number of amides is 1. The number of ether oxygens (including phenoxy) is 1. The maximum Gasteiger partial charge on any atom is 0.261 e. The van der Waals surface area contributed by atoms with Gasteiger partial charge in [-0.25, -0.2) is 0 Å². The average Bonchev–Trinajstić information content (AvgIpc) is 2.58. The number of halogens is 1. The van der Waals surface area contributed by atoms with Gasteiger partial charge in [-0.3, -0.25) is 4.79 Å². The summed E-state index contributed by atoms with van der Waals surface area (Å²) >= 11 is 5.87. The smallest absolute Gasteiger partial charge is 0.261 e. The molecule has 0 fully saturated rings. The molecule has 0 spiro atoms. The van der Waals surface area contributed by atoms with Crippen molar-refractivity contribution in [1.29, 1.82) is 0 Å². The fourth-order valence-corrected chi connectivity index (χ4v) is 2.55. The molecular formula is C21H26ClNO2. The topological polar surface area (TPSA) is 38.3 Å². The molecule has 2 aromatic carbocycles. The van der Waals surface area contributed by atoms with Crippen LogP contribution < -0.4 is 10.1 Å². The summed E-state index contributed by atoms with van der Waals surface area (Å²) in [7, 11) is 0. The first-order chi connectivity index (χ1) is 11.8. The minimum Gasteiger partial charge on any atom is -0.481 e. The fourth-order valence-electron chi connectivity index (χ4n) is 2.43. The SMILES string of the molecule is CCC(Oc1ccc(C(C)(C)C)cc1)C(=O)NCc1ccc(Cl)cc1. The Labute approximate surface area is 155 Å². The van der Waals surface area contributed by atoms with Crippen LogP contribution in [0.4, 0.5) is 0 Å². The van der Waals surface area contributed by atoms with E-state index in [1.165, 1.54) is 5.56 Å². The van der Waals surface area contributed by atoms with Crippen LogP contribution in [0.15, 0.2) is 48.5 Å². The number of rotatable bonds is 6. The molecular weight excluding hydrogens is 334 g/mol. The molecule has 25 heavy (non-hydrogen) atoms. The Morgan fingerprint density at radius 2 is 1.68 bits per heavy atom. The normalized spacial score (nSPS) is 12.5. The fraction of sp³-hybridized carbons (Fsp3) is 0.381. The first-order valence-corrected chi connectivity index (χ1v) is 8.96. The van der Waals surface area contributed by atoms with Crippen LogP contribution in [0.5, 0.6) is 5.75 Å². The molecule has 2 rings (SSSR count). The molecule has 134 valence electrons. The van der Waals surface area contributed by atoms with Crippen LogP contribution in [0.1, 0.15) is 45.2 Å². The van der Waals surface area contributed by atoms with E-state index < -0.39 is 6.10 Å². The van der Waals surface area contributed by atoms with Gasteiger partial charge >= 0.3 is 0 Å². The van der Waals surface area contributed by atoms with Crippen LogP contribution in [0, 0.1) is 0 Å². The predicted octanol–water partition coefficient (Wildman–Crippen LogP) is 5.11. The van der Waals surface area contributed by atoms with Crippen molar-refractivity contribution in [3.05, 3.63) is 64.7 Å². The summed E-state index contributed by atoms with van der Waals surface area (Å²) in [6.07, 6.45) is 0.0980. The number of carbonyl (C=O) groups is 1. The van der Waals surface area contributed by atoms with E-state index in [0.717, 1.165) is 5.56 Å². The molecule has 0 saturated heterocycles. The van der Waals surface area contributed by atoms with E-state index in [2.05, 4.69) is 26.1 Å². The highest BCUT2D eigenvalue weighted by atomic mass is 35.5. The average molecular weight is 360 g/mol. The molecule has 0 heterocycles. The van der Waals surface area contributed by atoms with Gasteiger partial charge in [-0.1, -0.05) is 63.6 Å². The molecule has 0 aliphatic carbocycles. The maximum atomic E-state index is 12.4. The van der Waals surface area contributed by atoms with Crippen LogP contribution >= 0.6 is 11.6 Å². The van der Waals surface area contributed by atoms with Gasteiger partial charge in [0.05, 0.1) is 0 Å². The van der Waals surface area contributed by atoms with Crippen molar-refractivity contribution in [2.24, 2.45) is 0 Å². The molecule has 3 nitrogen and oxygen atoms in total. The van der Waals surface area contributed by atoms with Crippen LogP contribution in [0.25, 0.3) is 0 Å². The first-order valence-electron chi connectivity index (χ1n) is 8.59. The van der Waals surface area contributed by atoms with Gasteiger partial charge in [0.25, 0.3) is 5.91 Å². The van der Waals surface area contributed by atoms with Gasteiger partial charge in [-0.05, 0) is 47.2 Å². The second-order valence-corrected chi connectivity index (χ2v) is 7.57. The van der Waals surface area contributed by atoms with Gasteiger partial charge in [0.1, 0.15) is 5.75 Å². The summed E-state index contributed by atoms with van der Waals surface area (Å²) < 4.78 is 5.87. The Morgan fingerprint density at radius 3 is 2.20 bits per heavy atom. The van der Waals surface area contributed by atoms with Crippen molar-refractivity contribution in [2.75, 3.05) is 0 Å². The van der Waals surface area contributed by atoms with Gasteiger partial charge in [-0.2, -0.15) is 0 Å². The number of hydrogen-bond acceptors (Lipinski definition) is 2. The molecule has 1 unspecified atom stereocenters. The lowest BCUT2D eigenvalue weighted by Crippen LogP contribution is -2.37. The standard InChI is InChI=1S/C21H26ClNO2/c1-5-19(20(24)23-14-15-6-10-17(22)11-7-15)25-18-12-8-16(9-13-18)21(2,3)4/h6-13,19H,5,14H2,1-4H3,(H,23,24). The zero-order valence-corrected chi connectivity index (χ0v) is 16.1. The Kier molecular flexibility index (Phi) is 6.49. The van der Waals surface area contributed by atoms with E-state index in [1.807, 2.05) is 55.5 Å². The van der Waals surface area contributed by atoms with Crippen molar-refractivity contribution in [3.63, 3.8) is 0 Å². The molecule has 2 aromatic rings. The lowest BCUT2D eigenvalue weighted by Gasteiger charge is -2.21. The third-order valence-corrected chi connectivity index (χ3v) is 4.29. The highest BCUT2D eigenvalue weighted by Gasteiger charge is 2.19. The van der Waals surface area contributed by atoms with Crippen molar-refractivity contribution in [1.82, 2.24) is 5.32 Å². The van der Waals surface area contributed by atoms with E-state index in [4.69, 9.17) is 16.3 Å². The van der Waals surface area contributed by atoms with Crippen LogP contribution in [0.2, 0.25) is 5.02 Å². The van der Waals surface area contributed by atoms with Crippen molar-refractivity contribution in [3.8, 4) is 5.75 Å². The minimum atomic E-state index is -0.507. The molecule has 0 radical (unpaired) electrons. The first kappa shape index (κ1) is 19.3. The lowest BCUT2D eigenvalue weighted by molar-refractivity contribution is -0.128. The Balaban J connectivity index is 1.94. The maximum absolute atomic E-state index is 12.4. The number of carbonyl (C=O) groups excluding carboxylic acids is 1. The Hall–Kier alpha value is -2.00. The van der Waals surface area contributed by atoms with Crippen molar-refractivity contribution < 1.29 is 9.53 Å². The number of benzene rings is 2. The second kappa shape index (κ2) is 8.39. The summed E-state index contributed by atoms with van der Waals surface area (Å²) in [6, 6.07) is 15.4. The molecule has 0 aliphatic rings. The largest absolute Gasteiger partial charge is 0.481 e. The number of hydrogen-bond donors (Lipinski definition) is 1. The van der Waals surface area contributed by atoms with Crippen LogP contribution in [-0.2, 0) is 16.8 Å². The lowest BCUT2D eigenvalue weighted by atomic mass is 9.87. The van der Waals surface area contributed by atoms with Gasteiger partial charge in [0.2, 0.25) is 0 Å². The van der Waals surface area contributed by atoms with Crippen molar-refractivity contribution in [2.45, 2.75) is 52.2 Å². The van der Waals surface area contributed by atoms with Gasteiger partial charge in [0, 0.05) is 11.6 Å². The second-order valence-electron chi connectivity index (χ2n) is 7.13. The van der Waals surface area contributed by atoms with E-state index in [1.54, 1.807) is 0 Å². The number of nitrogens with one attached hydrogen (secondary N) is 1. The summed E-state index contributed by atoms with van der Waals surface area (Å²) in [5.41, 5.74) is 2.33. The highest BCUT2D eigenvalue weighted by molar-refractivity contribution is 6.30. The van der Waals surface area contributed by atoms with Crippen LogP contribution in [0.3, 0.4) is 0 Å². The van der Waals surface area contributed by atoms with Gasteiger partial charge < -0.3 is 10.1 Å². The highest BCUT2D eigenvalue weighted by Crippen LogP contribution is 2.25. The quantitative estimate of drug-likeness (QED) is 0.778. The molecule has 0 saturated carbocycles. The predicted molar refractivity (Wildman–Crippen MR) is 103 cm³/mol. The molecule has 1 amide bonds. The van der Waals surface area contributed by atoms with E-state index >= 15 is 0 Å². The van der Waals surface area contributed by atoms with Crippen molar-refractivity contribution >= 4 is 17.5 Å². The molecule has 4 heteroatoms. The van der Waals surface area contributed by atoms with E-state index in [9.17, 15) is 4.79 Å². The zero-order chi connectivity index (χ0) is 18.4. The third kappa shape index (κ3) is 5.79. The summed E-state index contributed by atoms with van der Waals surface area (Å²) in [6.45, 7) is 8.90. The van der Waals surface area contributed by atoms with Crippen LogP contribution in [-0.4, -0.2) is 12.0 Å². The molecule has 1 N–H and O–H groups in total. The van der Waals surface area contributed by atoms with E-state index in [-0.39, 0.29) is 11.3 Å². The molecule has 1 atom stereocenters. The summed E-state index contributed by atoms with van der Waals surface area (Å²) in [4.78, 5) is 12.4. The molecule has 0 bridgehead atoms. The van der Waals surface area contributed by atoms with Gasteiger partial charge in [-0.15, -0.1) is 0 Å². The zero-order valence-electron chi connectivity index (χ0n) is 15.3. The molecule has 0 aromatic heterocycles. The monoisotopic (exact) mass is 359 g/mol. The Morgan fingerprint density at radius 1 is 1.08 bits per heavy atom. The Bertz CT molecular complexity index is 687. The van der Waals surface area contributed by atoms with E-state index in [0.29, 0.717) is 23.7 Å². The minimum absolute atomic E-state index is 0.0959. The summed E-state index contributed by atoms with van der Waals surface area (Å²) in [5.74, 6) is 0.596.